The Kier molecular flexibility index (Phi) is 6.38. The summed E-state index contributed by atoms with van der Waals surface area (Å²) in [5, 5.41) is 11.6. The largest absolute Gasteiger partial charge is 0.403 e. The van der Waals surface area contributed by atoms with Crippen molar-refractivity contribution >= 4 is 11.6 Å². The summed E-state index contributed by atoms with van der Waals surface area (Å²) in [6.45, 7) is 6.17. The topological polar surface area (TPSA) is 61.1 Å². The first-order chi connectivity index (χ1) is 13.4. The number of aliphatic imine (C=N–C) groups is 1. The van der Waals surface area contributed by atoms with Crippen molar-refractivity contribution in [2.24, 2.45) is 4.99 Å². The van der Waals surface area contributed by atoms with E-state index in [1.807, 2.05) is 40.6 Å². The number of alkyl halides is 3. The summed E-state index contributed by atoms with van der Waals surface area (Å²) in [5.41, 5.74) is 0.795. The Bertz CT molecular complexity index is 794. The smallest absolute Gasteiger partial charge is 0.357 e. The number of halogens is 3. The molecule has 0 saturated carbocycles. The molecule has 2 aromatic heterocycles. The third kappa shape index (κ3) is 4.73. The molecule has 1 N–H and O–H groups in total. The van der Waals surface area contributed by atoms with Crippen LogP contribution in [0.5, 0.6) is 0 Å². The third-order valence-corrected chi connectivity index (χ3v) is 4.95. The molecule has 1 atom stereocenters. The Labute approximate surface area is 162 Å². The summed E-state index contributed by atoms with van der Waals surface area (Å²) >= 11 is 0. The minimum Gasteiger partial charge on any atom is -0.357 e. The third-order valence-electron chi connectivity index (χ3n) is 4.95. The van der Waals surface area contributed by atoms with Gasteiger partial charge in [-0.3, -0.25) is 14.3 Å². The maximum absolute atomic E-state index is 12.9. The first-order valence-corrected chi connectivity index (χ1v) is 9.53. The van der Waals surface area contributed by atoms with Crippen LogP contribution in [0.4, 0.5) is 13.2 Å². The van der Waals surface area contributed by atoms with Gasteiger partial charge in [-0.15, -0.1) is 10.2 Å². The maximum atomic E-state index is 12.9. The van der Waals surface area contributed by atoms with Crippen LogP contribution in [0.1, 0.15) is 19.7 Å². The van der Waals surface area contributed by atoms with Crippen LogP contribution in [0.25, 0.3) is 5.65 Å². The van der Waals surface area contributed by atoms with Crippen molar-refractivity contribution in [3.8, 4) is 0 Å². The molecule has 1 saturated heterocycles. The molecule has 1 aliphatic heterocycles. The molecule has 0 amide bonds. The van der Waals surface area contributed by atoms with E-state index in [9.17, 15) is 13.2 Å². The van der Waals surface area contributed by atoms with Crippen LogP contribution in [0, 0.1) is 0 Å². The van der Waals surface area contributed by atoms with E-state index in [1.54, 1.807) is 0 Å². The van der Waals surface area contributed by atoms with Gasteiger partial charge in [0.2, 0.25) is 0 Å². The van der Waals surface area contributed by atoms with Crippen molar-refractivity contribution < 1.29 is 13.2 Å². The first-order valence-electron chi connectivity index (χ1n) is 9.53. The molecule has 0 spiro atoms. The molecule has 0 aromatic carbocycles. The zero-order valence-electron chi connectivity index (χ0n) is 16.2. The standard InChI is InChI=1S/C18H26F3N7/c1-3-22-17(27-12-10-26(11-13-27)14(2)18(19,20)21)23-8-7-16-25-24-15-6-4-5-9-28(15)16/h4-6,9,14H,3,7-8,10-13H2,1-2H3,(H,22,23). The summed E-state index contributed by atoms with van der Waals surface area (Å²) in [6.07, 6.45) is -1.65. The van der Waals surface area contributed by atoms with E-state index >= 15 is 0 Å². The zero-order valence-corrected chi connectivity index (χ0v) is 16.2. The number of nitrogens with one attached hydrogen (secondary N) is 1. The molecule has 1 unspecified atom stereocenters. The summed E-state index contributed by atoms with van der Waals surface area (Å²) in [7, 11) is 0. The van der Waals surface area contributed by atoms with E-state index in [2.05, 4.69) is 20.5 Å². The van der Waals surface area contributed by atoms with Gasteiger partial charge in [-0.05, 0) is 26.0 Å². The van der Waals surface area contributed by atoms with Crippen molar-refractivity contribution in [2.45, 2.75) is 32.5 Å². The van der Waals surface area contributed by atoms with Crippen LogP contribution in [0.2, 0.25) is 0 Å². The monoisotopic (exact) mass is 397 g/mol. The quantitative estimate of drug-likeness (QED) is 0.616. The molecule has 0 radical (unpaired) electrons. The molecular weight excluding hydrogens is 371 g/mol. The summed E-state index contributed by atoms with van der Waals surface area (Å²) < 4.78 is 40.7. The van der Waals surface area contributed by atoms with Gasteiger partial charge in [0.05, 0.1) is 0 Å². The molecule has 2 aromatic rings. The predicted octanol–water partition coefficient (Wildman–Crippen LogP) is 1.81. The molecule has 7 nitrogen and oxygen atoms in total. The van der Waals surface area contributed by atoms with Crippen LogP contribution in [-0.4, -0.2) is 81.8 Å². The molecule has 1 aliphatic rings. The highest BCUT2D eigenvalue weighted by molar-refractivity contribution is 5.80. The van der Waals surface area contributed by atoms with Crippen molar-refractivity contribution in [3.05, 3.63) is 30.2 Å². The fourth-order valence-corrected chi connectivity index (χ4v) is 3.28. The van der Waals surface area contributed by atoms with Crippen molar-refractivity contribution in [1.29, 1.82) is 0 Å². The minimum atomic E-state index is -4.19. The molecule has 28 heavy (non-hydrogen) atoms. The van der Waals surface area contributed by atoms with Gasteiger partial charge in [0.25, 0.3) is 0 Å². The second-order valence-corrected chi connectivity index (χ2v) is 6.77. The van der Waals surface area contributed by atoms with E-state index in [-0.39, 0.29) is 0 Å². The number of piperazine rings is 1. The predicted molar refractivity (Wildman–Crippen MR) is 101 cm³/mol. The van der Waals surface area contributed by atoms with Gasteiger partial charge in [-0.1, -0.05) is 6.07 Å². The van der Waals surface area contributed by atoms with Crippen LogP contribution < -0.4 is 5.32 Å². The van der Waals surface area contributed by atoms with Crippen molar-refractivity contribution in [2.75, 3.05) is 39.3 Å². The lowest BCUT2D eigenvalue weighted by molar-refractivity contribution is -0.181. The number of pyridine rings is 1. The Balaban J connectivity index is 1.59. The van der Waals surface area contributed by atoms with Crippen LogP contribution in [0.3, 0.4) is 0 Å². The number of guanidine groups is 1. The fraction of sp³-hybridized carbons (Fsp3) is 0.611. The molecule has 3 heterocycles. The molecular formula is C18H26F3N7. The highest BCUT2D eigenvalue weighted by Gasteiger charge is 2.41. The first kappa shape index (κ1) is 20.4. The average molecular weight is 397 g/mol. The number of nitrogens with zero attached hydrogens (tertiary/aromatic N) is 6. The van der Waals surface area contributed by atoms with E-state index < -0.39 is 12.2 Å². The Morgan fingerprint density at radius 3 is 2.64 bits per heavy atom. The lowest BCUT2D eigenvalue weighted by atomic mass is 10.2. The Morgan fingerprint density at radius 1 is 1.21 bits per heavy atom. The summed E-state index contributed by atoms with van der Waals surface area (Å²) in [6, 6.07) is 4.31. The number of rotatable bonds is 5. The van der Waals surface area contributed by atoms with Gasteiger partial charge >= 0.3 is 6.18 Å². The molecule has 10 heteroatoms. The molecule has 0 aliphatic carbocycles. The van der Waals surface area contributed by atoms with Gasteiger partial charge in [-0.2, -0.15) is 13.2 Å². The summed E-state index contributed by atoms with van der Waals surface area (Å²) in [5.74, 6) is 1.56. The van der Waals surface area contributed by atoms with E-state index in [0.29, 0.717) is 45.7 Å². The van der Waals surface area contributed by atoms with Gasteiger partial charge in [0.1, 0.15) is 11.9 Å². The molecule has 1 fully saturated rings. The van der Waals surface area contributed by atoms with Crippen molar-refractivity contribution in [3.63, 3.8) is 0 Å². The molecule has 3 rings (SSSR count). The van der Waals surface area contributed by atoms with E-state index in [0.717, 1.165) is 17.4 Å². The zero-order chi connectivity index (χ0) is 20.1. The fourth-order valence-electron chi connectivity index (χ4n) is 3.28. The number of hydrogen-bond donors (Lipinski definition) is 1. The SMILES string of the molecule is CCNC(=NCCc1nnc2ccccn12)N1CCN(C(C)C(F)(F)F)CC1. The van der Waals surface area contributed by atoms with E-state index in [1.165, 1.54) is 11.8 Å². The Morgan fingerprint density at radius 2 is 1.96 bits per heavy atom. The highest BCUT2D eigenvalue weighted by Crippen LogP contribution is 2.25. The second kappa shape index (κ2) is 8.76. The minimum absolute atomic E-state index is 0.361. The maximum Gasteiger partial charge on any atom is 0.403 e. The number of fused-ring (bicyclic) bond motifs is 1. The van der Waals surface area contributed by atoms with Crippen LogP contribution in [-0.2, 0) is 6.42 Å². The van der Waals surface area contributed by atoms with Gasteiger partial charge in [-0.25, -0.2) is 0 Å². The van der Waals surface area contributed by atoms with Gasteiger partial charge in [0, 0.05) is 51.9 Å². The highest BCUT2D eigenvalue weighted by atomic mass is 19.4. The number of hydrogen-bond acceptors (Lipinski definition) is 4. The number of aromatic nitrogens is 3. The van der Waals surface area contributed by atoms with Gasteiger partial charge < -0.3 is 10.2 Å². The molecule has 0 bridgehead atoms. The van der Waals surface area contributed by atoms with Crippen LogP contribution >= 0.6 is 0 Å². The van der Waals surface area contributed by atoms with E-state index in [4.69, 9.17) is 0 Å². The average Bonchev–Trinajstić information content (AvgIpc) is 3.09. The van der Waals surface area contributed by atoms with Crippen LogP contribution in [0.15, 0.2) is 29.4 Å². The normalized spacial score (nSPS) is 17.9. The lowest BCUT2D eigenvalue weighted by Gasteiger charge is -2.39. The second-order valence-electron chi connectivity index (χ2n) is 6.77. The molecule has 154 valence electrons. The van der Waals surface area contributed by atoms with Crippen molar-refractivity contribution in [1.82, 2.24) is 29.7 Å². The van der Waals surface area contributed by atoms with Gasteiger partial charge in [0.15, 0.2) is 11.6 Å². The Hall–Kier alpha value is -2.36. The summed E-state index contributed by atoms with van der Waals surface area (Å²) in [4.78, 5) is 8.14. The lowest BCUT2D eigenvalue weighted by Crippen LogP contribution is -2.56.